The first-order valence-corrected chi connectivity index (χ1v) is 7.85. The van der Waals surface area contributed by atoms with Crippen molar-refractivity contribution in [1.82, 2.24) is 9.80 Å². The molecule has 2 fully saturated rings. The van der Waals surface area contributed by atoms with Crippen LogP contribution in [0.3, 0.4) is 0 Å². The van der Waals surface area contributed by atoms with Gasteiger partial charge in [-0.3, -0.25) is 19.4 Å². The number of morpholine rings is 1. The number of carbonyl (C=O) groups excluding carboxylic acids is 2. The van der Waals surface area contributed by atoms with Crippen LogP contribution < -0.4 is 0 Å². The molecule has 0 aromatic heterocycles. The van der Waals surface area contributed by atoms with Crippen LogP contribution in [0.25, 0.3) is 0 Å². The predicted molar refractivity (Wildman–Crippen MR) is 80.6 cm³/mol. The van der Waals surface area contributed by atoms with Gasteiger partial charge in [-0.1, -0.05) is 34.1 Å². The second-order valence-electron chi connectivity index (χ2n) is 5.31. The fraction of sp³-hybridized carbons (Fsp3) is 0.467. The van der Waals surface area contributed by atoms with Crippen molar-refractivity contribution in [2.45, 2.75) is 12.3 Å². The summed E-state index contributed by atoms with van der Waals surface area (Å²) in [6, 6.07) is 7.60. The fourth-order valence-electron chi connectivity index (χ4n) is 2.77. The van der Waals surface area contributed by atoms with Crippen LogP contribution in [0.5, 0.6) is 0 Å². The van der Waals surface area contributed by atoms with E-state index in [2.05, 4.69) is 20.8 Å². The van der Waals surface area contributed by atoms with Crippen LogP contribution in [0, 0.1) is 0 Å². The minimum absolute atomic E-state index is 0.0905. The topological polar surface area (TPSA) is 49.9 Å². The van der Waals surface area contributed by atoms with Crippen molar-refractivity contribution in [3.8, 4) is 0 Å². The number of halogens is 1. The van der Waals surface area contributed by atoms with Gasteiger partial charge in [0.1, 0.15) is 0 Å². The van der Waals surface area contributed by atoms with Crippen molar-refractivity contribution in [3.63, 3.8) is 0 Å². The minimum atomic E-state index is -0.367. The number of rotatable bonds is 3. The van der Waals surface area contributed by atoms with E-state index in [1.165, 1.54) is 4.90 Å². The highest BCUT2D eigenvalue weighted by atomic mass is 79.9. The minimum Gasteiger partial charge on any atom is -0.379 e. The largest absolute Gasteiger partial charge is 0.379 e. The summed E-state index contributed by atoms with van der Waals surface area (Å²) in [5, 5.41) is 0. The van der Waals surface area contributed by atoms with Crippen LogP contribution in [0.2, 0.25) is 0 Å². The molecule has 0 aliphatic carbocycles. The zero-order valence-electron chi connectivity index (χ0n) is 11.6. The monoisotopic (exact) mass is 352 g/mol. The molecule has 0 spiro atoms. The summed E-state index contributed by atoms with van der Waals surface area (Å²) in [5.41, 5.74) is 0.889. The Hall–Kier alpha value is -1.24. The SMILES string of the molecule is O=C1CC(c2ccccc2Br)C(=O)N1CN1CCOCC1. The van der Waals surface area contributed by atoms with Crippen LogP contribution in [0.4, 0.5) is 0 Å². The third kappa shape index (κ3) is 3.02. The van der Waals surface area contributed by atoms with Crippen LogP contribution in [-0.2, 0) is 14.3 Å². The number of nitrogens with zero attached hydrogens (tertiary/aromatic N) is 2. The summed E-state index contributed by atoms with van der Waals surface area (Å²) >= 11 is 3.46. The Labute approximate surface area is 132 Å². The van der Waals surface area contributed by atoms with Gasteiger partial charge in [0, 0.05) is 24.0 Å². The number of hydrogen-bond donors (Lipinski definition) is 0. The molecule has 1 unspecified atom stereocenters. The lowest BCUT2D eigenvalue weighted by molar-refractivity contribution is -0.142. The van der Waals surface area contributed by atoms with Gasteiger partial charge in [0.05, 0.1) is 25.8 Å². The van der Waals surface area contributed by atoms with E-state index in [1.807, 2.05) is 24.3 Å². The molecule has 2 amide bonds. The van der Waals surface area contributed by atoms with Gasteiger partial charge in [0.2, 0.25) is 11.8 Å². The van der Waals surface area contributed by atoms with E-state index in [9.17, 15) is 9.59 Å². The van der Waals surface area contributed by atoms with Crippen LogP contribution in [0.1, 0.15) is 17.9 Å². The second kappa shape index (κ2) is 6.25. The maximum Gasteiger partial charge on any atom is 0.238 e. The molecular formula is C15H17BrN2O3. The highest BCUT2D eigenvalue weighted by Gasteiger charge is 2.40. The van der Waals surface area contributed by atoms with E-state index >= 15 is 0 Å². The molecule has 0 bridgehead atoms. The van der Waals surface area contributed by atoms with Crippen LogP contribution in [-0.4, -0.2) is 54.6 Å². The van der Waals surface area contributed by atoms with Crippen molar-refractivity contribution in [2.75, 3.05) is 33.0 Å². The second-order valence-corrected chi connectivity index (χ2v) is 6.16. The summed E-state index contributed by atoms with van der Waals surface area (Å²) in [6.07, 6.45) is 0.256. The van der Waals surface area contributed by atoms with E-state index in [0.29, 0.717) is 19.9 Å². The summed E-state index contributed by atoms with van der Waals surface area (Å²) in [7, 11) is 0. The molecule has 0 radical (unpaired) electrons. The van der Waals surface area contributed by atoms with E-state index in [-0.39, 0.29) is 24.2 Å². The lowest BCUT2D eigenvalue weighted by atomic mass is 9.98. The van der Waals surface area contributed by atoms with Gasteiger partial charge < -0.3 is 4.74 Å². The molecule has 2 aliphatic heterocycles. The normalized spacial score (nSPS) is 23.9. The lowest BCUT2D eigenvalue weighted by Crippen LogP contribution is -2.46. The number of imide groups is 1. The average Bonchev–Trinajstić information content (AvgIpc) is 2.77. The molecule has 1 aromatic rings. The van der Waals surface area contributed by atoms with Gasteiger partial charge in [0.15, 0.2) is 0 Å². The molecule has 2 heterocycles. The molecule has 112 valence electrons. The smallest absolute Gasteiger partial charge is 0.238 e. The van der Waals surface area contributed by atoms with E-state index in [0.717, 1.165) is 23.1 Å². The summed E-state index contributed by atoms with van der Waals surface area (Å²) in [5.74, 6) is -0.556. The number of hydrogen-bond acceptors (Lipinski definition) is 4. The average molecular weight is 353 g/mol. The van der Waals surface area contributed by atoms with Crippen LogP contribution in [0.15, 0.2) is 28.7 Å². The fourth-order valence-corrected chi connectivity index (χ4v) is 3.34. The molecule has 0 saturated carbocycles. The zero-order chi connectivity index (χ0) is 14.8. The highest BCUT2D eigenvalue weighted by Crippen LogP contribution is 2.33. The van der Waals surface area contributed by atoms with Gasteiger partial charge in [0.25, 0.3) is 0 Å². The molecule has 3 rings (SSSR count). The summed E-state index contributed by atoms with van der Waals surface area (Å²) in [4.78, 5) is 28.2. The predicted octanol–water partition coefficient (Wildman–Crippen LogP) is 1.58. The van der Waals surface area contributed by atoms with Gasteiger partial charge in [-0.15, -0.1) is 0 Å². The Morgan fingerprint density at radius 3 is 2.62 bits per heavy atom. The van der Waals surface area contributed by atoms with Gasteiger partial charge in [-0.2, -0.15) is 0 Å². The third-order valence-electron chi connectivity index (χ3n) is 3.97. The Balaban J connectivity index is 1.74. The van der Waals surface area contributed by atoms with Crippen molar-refractivity contribution in [3.05, 3.63) is 34.3 Å². The molecule has 6 heteroatoms. The maximum atomic E-state index is 12.6. The van der Waals surface area contributed by atoms with Crippen molar-refractivity contribution in [1.29, 1.82) is 0 Å². The van der Waals surface area contributed by atoms with Gasteiger partial charge >= 0.3 is 0 Å². The number of amides is 2. The van der Waals surface area contributed by atoms with Crippen molar-refractivity contribution >= 4 is 27.7 Å². The Bertz CT molecular complexity index is 558. The van der Waals surface area contributed by atoms with Crippen LogP contribution >= 0.6 is 15.9 Å². The van der Waals surface area contributed by atoms with E-state index in [1.54, 1.807) is 0 Å². The van der Waals surface area contributed by atoms with Crippen molar-refractivity contribution in [2.24, 2.45) is 0 Å². The maximum absolute atomic E-state index is 12.6. The Morgan fingerprint density at radius 2 is 1.90 bits per heavy atom. The van der Waals surface area contributed by atoms with E-state index in [4.69, 9.17) is 4.74 Å². The summed E-state index contributed by atoms with van der Waals surface area (Å²) < 4.78 is 6.17. The third-order valence-corrected chi connectivity index (χ3v) is 4.69. The van der Waals surface area contributed by atoms with Gasteiger partial charge in [-0.05, 0) is 11.6 Å². The number of likely N-dealkylation sites (tertiary alicyclic amines) is 1. The molecule has 5 nitrogen and oxygen atoms in total. The number of ether oxygens (including phenoxy) is 1. The molecule has 0 N–H and O–H groups in total. The first-order valence-electron chi connectivity index (χ1n) is 7.05. The van der Waals surface area contributed by atoms with Gasteiger partial charge in [-0.25, -0.2) is 0 Å². The van der Waals surface area contributed by atoms with E-state index < -0.39 is 0 Å². The first-order chi connectivity index (χ1) is 10.2. The highest BCUT2D eigenvalue weighted by molar-refractivity contribution is 9.10. The Kier molecular flexibility index (Phi) is 4.37. The number of benzene rings is 1. The Morgan fingerprint density at radius 1 is 1.19 bits per heavy atom. The standard InChI is InChI=1S/C15H17BrN2O3/c16-13-4-2-1-3-11(13)12-9-14(19)18(15(12)20)10-17-5-7-21-8-6-17/h1-4,12H,5-10H2. The quantitative estimate of drug-likeness (QED) is 0.775. The molecule has 1 atom stereocenters. The van der Waals surface area contributed by atoms with Crippen molar-refractivity contribution < 1.29 is 14.3 Å². The lowest BCUT2D eigenvalue weighted by Gasteiger charge is -2.29. The zero-order valence-corrected chi connectivity index (χ0v) is 13.2. The summed E-state index contributed by atoms with van der Waals surface area (Å²) in [6.45, 7) is 3.21. The number of carbonyl (C=O) groups is 2. The first kappa shape index (κ1) is 14.7. The molecule has 1 aromatic carbocycles. The molecule has 2 saturated heterocycles. The molecule has 2 aliphatic rings. The molecule has 21 heavy (non-hydrogen) atoms. The molecular weight excluding hydrogens is 336 g/mol.